The molecular weight excluding hydrogens is 253 g/mol. The Morgan fingerprint density at radius 3 is 2.83 bits per heavy atom. The molecular formula is C13H15ClFN3. The third-order valence-electron chi connectivity index (χ3n) is 2.96. The van der Waals surface area contributed by atoms with Crippen molar-refractivity contribution in [1.82, 2.24) is 15.1 Å². The van der Waals surface area contributed by atoms with Gasteiger partial charge in [0, 0.05) is 25.8 Å². The Hall–Kier alpha value is -1.39. The molecule has 1 atom stereocenters. The molecule has 1 aromatic heterocycles. The van der Waals surface area contributed by atoms with Crippen molar-refractivity contribution in [2.24, 2.45) is 7.05 Å². The van der Waals surface area contributed by atoms with E-state index in [9.17, 15) is 4.39 Å². The molecule has 0 saturated carbocycles. The first kappa shape index (κ1) is 13.1. The summed E-state index contributed by atoms with van der Waals surface area (Å²) in [6.45, 7) is 2.71. The Kier molecular flexibility index (Phi) is 3.99. The van der Waals surface area contributed by atoms with Crippen LogP contribution in [0, 0.1) is 5.82 Å². The second-order valence-corrected chi connectivity index (χ2v) is 4.63. The van der Waals surface area contributed by atoms with E-state index in [1.807, 2.05) is 24.7 Å². The van der Waals surface area contributed by atoms with Gasteiger partial charge in [-0.3, -0.25) is 4.68 Å². The fraction of sp³-hybridized carbons (Fsp3) is 0.308. The van der Waals surface area contributed by atoms with Crippen LogP contribution < -0.4 is 5.32 Å². The van der Waals surface area contributed by atoms with Gasteiger partial charge < -0.3 is 5.32 Å². The first-order chi connectivity index (χ1) is 8.58. The highest BCUT2D eigenvalue weighted by Gasteiger charge is 2.08. The molecule has 1 aromatic carbocycles. The molecule has 5 heteroatoms. The summed E-state index contributed by atoms with van der Waals surface area (Å²) in [5.41, 5.74) is 2.05. The molecule has 0 radical (unpaired) electrons. The Morgan fingerprint density at radius 2 is 2.22 bits per heavy atom. The molecule has 1 N–H and O–H groups in total. The third kappa shape index (κ3) is 2.89. The van der Waals surface area contributed by atoms with E-state index in [1.54, 1.807) is 18.3 Å². The minimum atomic E-state index is -0.390. The standard InChI is InChI=1S/C13H15ClFN3/c1-9(10-3-4-13(15)12(14)7-10)16-8-11-5-6-17-18(11)2/h3-7,9,16H,8H2,1-2H3. The predicted molar refractivity (Wildman–Crippen MR) is 69.9 cm³/mol. The summed E-state index contributed by atoms with van der Waals surface area (Å²) < 4.78 is 14.9. The van der Waals surface area contributed by atoms with Crippen molar-refractivity contribution in [3.05, 3.63) is 52.6 Å². The van der Waals surface area contributed by atoms with Crippen LogP contribution in [0.3, 0.4) is 0 Å². The Bertz CT molecular complexity index is 539. The van der Waals surface area contributed by atoms with E-state index in [-0.39, 0.29) is 16.9 Å². The summed E-state index contributed by atoms with van der Waals surface area (Å²) in [4.78, 5) is 0. The lowest BCUT2D eigenvalue weighted by Gasteiger charge is -2.14. The number of aryl methyl sites for hydroxylation is 1. The van der Waals surface area contributed by atoms with Gasteiger partial charge in [0.1, 0.15) is 5.82 Å². The van der Waals surface area contributed by atoms with Crippen molar-refractivity contribution in [2.45, 2.75) is 19.5 Å². The number of benzene rings is 1. The van der Waals surface area contributed by atoms with Gasteiger partial charge in [-0.25, -0.2) is 4.39 Å². The zero-order valence-electron chi connectivity index (χ0n) is 10.3. The van der Waals surface area contributed by atoms with Crippen molar-refractivity contribution >= 4 is 11.6 Å². The van der Waals surface area contributed by atoms with Crippen LogP contribution in [0.4, 0.5) is 4.39 Å². The highest BCUT2D eigenvalue weighted by Crippen LogP contribution is 2.20. The number of halogens is 2. The highest BCUT2D eigenvalue weighted by molar-refractivity contribution is 6.30. The number of nitrogens with zero attached hydrogens (tertiary/aromatic N) is 2. The average Bonchev–Trinajstić information content (AvgIpc) is 2.75. The minimum absolute atomic E-state index is 0.0954. The lowest BCUT2D eigenvalue weighted by Crippen LogP contribution is -2.19. The van der Waals surface area contributed by atoms with Gasteiger partial charge in [0.25, 0.3) is 0 Å². The normalized spacial score (nSPS) is 12.7. The number of rotatable bonds is 4. The molecule has 0 saturated heterocycles. The molecule has 96 valence electrons. The van der Waals surface area contributed by atoms with Gasteiger partial charge >= 0.3 is 0 Å². The van der Waals surface area contributed by atoms with Gasteiger partial charge in [0.05, 0.1) is 10.7 Å². The van der Waals surface area contributed by atoms with E-state index in [1.165, 1.54) is 6.07 Å². The summed E-state index contributed by atoms with van der Waals surface area (Å²) in [6.07, 6.45) is 1.76. The van der Waals surface area contributed by atoms with E-state index < -0.39 is 0 Å². The molecule has 18 heavy (non-hydrogen) atoms. The summed E-state index contributed by atoms with van der Waals surface area (Å²) in [7, 11) is 1.90. The van der Waals surface area contributed by atoms with Gasteiger partial charge in [-0.2, -0.15) is 5.10 Å². The van der Waals surface area contributed by atoms with Gasteiger partial charge in [-0.1, -0.05) is 17.7 Å². The fourth-order valence-electron chi connectivity index (χ4n) is 1.73. The zero-order chi connectivity index (χ0) is 13.1. The monoisotopic (exact) mass is 267 g/mol. The van der Waals surface area contributed by atoms with Crippen LogP contribution in [-0.2, 0) is 13.6 Å². The lowest BCUT2D eigenvalue weighted by molar-refractivity contribution is 0.546. The first-order valence-corrected chi connectivity index (χ1v) is 6.11. The number of aromatic nitrogens is 2. The van der Waals surface area contributed by atoms with Gasteiger partial charge in [-0.05, 0) is 30.7 Å². The number of hydrogen-bond acceptors (Lipinski definition) is 2. The molecule has 0 spiro atoms. The van der Waals surface area contributed by atoms with Crippen LogP contribution in [0.15, 0.2) is 30.5 Å². The van der Waals surface area contributed by atoms with E-state index in [0.29, 0.717) is 6.54 Å². The second kappa shape index (κ2) is 5.50. The van der Waals surface area contributed by atoms with Gasteiger partial charge in [-0.15, -0.1) is 0 Å². The molecule has 0 aliphatic rings. The van der Waals surface area contributed by atoms with E-state index >= 15 is 0 Å². The quantitative estimate of drug-likeness (QED) is 0.923. The molecule has 1 unspecified atom stereocenters. The smallest absolute Gasteiger partial charge is 0.141 e. The maximum atomic E-state index is 13.1. The van der Waals surface area contributed by atoms with Crippen LogP contribution in [0.2, 0.25) is 5.02 Å². The Labute approximate surface area is 111 Å². The maximum absolute atomic E-state index is 13.1. The molecule has 0 bridgehead atoms. The highest BCUT2D eigenvalue weighted by atomic mass is 35.5. The maximum Gasteiger partial charge on any atom is 0.141 e. The molecule has 1 heterocycles. The first-order valence-electron chi connectivity index (χ1n) is 5.73. The largest absolute Gasteiger partial charge is 0.305 e. The van der Waals surface area contributed by atoms with Crippen molar-refractivity contribution < 1.29 is 4.39 Å². The summed E-state index contributed by atoms with van der Waals surface area (Å²) in [6, 6.07) is 6.83. The topological polar surface area (TPSA) is 29.9 Å². The van der Waals surface area contributed by atoms with Crippen LogP contribution in [-0.4, -0.2) is 9.78 Å². The fourth-order valence-corrected chi connectivity index (χ4v) is 1.92. The molecule has 0 aliphatic heterocycles. The van der Waals surface area contributed by atoms with Gasteiger partial charge in [0.2, 0.25) is 0 Å². The number of nitrogens with one attached hydrogen (secondary N) is 1. The Morgan fingerprint density at radius 1 is 1.44 bits per heavy atom. The van der Waals surface area contributed by atoms with Crippen LogP contribution >= 0.6 is 11.6 Å². The van der Waals surface area contributed by atoms with Crippen LogP contribution in [0.25, 0.3) is 0 Å². The Balaban J connectivity index is 2.01. The molecule has 0 fully saturated rings. The summed E-state index contributed by atoms with van der Waals surface area (Å²) >= 11 is 5.77. The number of hydrogen-bond donors (Lipinski definition) is 1. The third-order valence-corrected chi connectivity index (χ3v) is 3.25. The summed E-state index contributed by atoms with van der Waals surface area (Å²) in [5, 5.41) is 7.60. The van der Waals surface area contributed by atoms with Crippen LogP contribution in [0.1, 0.15) is 24.2 Å². The molecule has 3 nitrogen and oxygen atoms in total. The molecule has 2 aromatic rings. The van der Waals surface area contributed by atoms with Gasteiger partial charge in [0.15, 0.2) is 0 Å². The minimum Gasteiger partial charge on any atom is -0.305 e. The SMILES string of the molecule is CC(NCc1ccnn1C)c1ccc(F)c(Cl)c1. The van der Waals surface area contributed by atoms with E-state index in [0.717, 1.165) is 11.3 Å². The van der Waals surface area contributed by atoms with Crippen molar-refractivity contribution in [3.8, 4) is 0 Å². The lowest BCUT2D eigenvalue weighted by atomic mass is 10.1. The molecule has 2 rings (SSSR count). The van der Waals surface area contributed by atoms with Crippen molar-refractivity contribution in [3.63, 3.8) is 0 Å². The summed E-state index contributed by atoms with van der Waals surface area (Å²) in [5.74, 6) is -0.390. The van der Waals surface area contributed by atoms with E-state index in [4.69, 9.17) is 11.6 Å². The second-order valence-electron chi connectivity index (χ2n) is 4.22. The predicted octanol–water partition coefficient (Wildman–Crippen LogP) is 3.06. The average molecular weight is 268 g/mol. The van der Waals surface area contributed by atoms with Crippen molar-refractivity contribution in [1.29, 1.82) is 0 Å². The zero-order valence-corrected chi connectivity index (χ0v) is 11.1. The van der Waals surface area contributed by atoms with Crippen LogP contribution in [0.5, 0.6) is 0 Å². The molecule has 0 aliphatic carbocycles. The van der Waals surface area contributed by atoms with E-state index in [2.05, 4.69) is 10.4 Å². The molecule has 0 amide bonds. The van der Waals surface area contributed by atoms with Crippen molar-refractivity contribution in [2.75, 3.05) is 0 Å².